The minimum absolute atomic E-state index is 0.642. The maximum atomic E-state index is 5.50. The van der Waals surface area contributed by atoms with Gasteiger partial charge in [0.25, 0.3) is 0 Å². The number of methoxy groups -OCH3 is 1. The van der Waals surface area contributed by atoms with Crippen LogP contribution in [0.4, 0.5) is 5.13 Å². The van der Waals surface area contributed by atoms with Crippen LogP contribution in [0.15, 0.2) is 11.6 Å². The number of anilines is 1. The summed E-state index contributed by atoms with van der Waals surface area (Å²) in [6.07, 6.45) is 1.80. The van der Waals surface area contributed by atoms with Crippen molar-refractivity contribution in [3.8, 4) is 0 Å². The molecule has 0 bridgehead atoms. The molecule has 0 aromatic carbocycles. The number of nitrogens with two attached hydrogens (primary N) is 1. The summed E-state index contributed by atoms with van der Waals surface area (Å²) in [4.78, 5) is 6.35. The Hall–Kier alpha value is -0.650. The highest BCUT2D eigenvalue weighted by molar-refractivity contribution is 7.13. The Morgan fingerprint density at radius 2 is 2.46 bits per heavy atom. The first-order valence-electron chi connectivity index (χ1n) is 4.22. The molecule has 2 N–H and O–H groups in total. The van der Waals surface area contributed by atoms with Crippen LogP contribution in [-0.4, -0.2) is 38.3 Å². The van der Waals surface area contributed by atoms with Crippen molar-refractivity contribution in [3.05, 3.63) is 11.6 Å². The Kier molecular flexibility index (Phi) is 4.74. The molecule has 13 heavy (non-hydrogen) atoms. The van der Waals surface area contributed by atoms with Crippen molar-refractivity contribution in [2.45, 2.75) is 0 Å². The summed E-state index contributed by atoms with van der Waals surface area (Å²) in [6.45, 7) is 3.03. The molecule has 1 aromatic rings. The second-order valence-corrected chi connectivity index (χ2v) is 3.46. The fourth-order valence-corrected chi connectivity index (χ4v) is 1.73. The van der Waals surface area contributed by atoms with Crippen LogP contribution in [0, 0.1) is 0 Å². The number of nitrogens with zero attached hydrogens (tertiary/aromatic N) is 2. The highest BCUT2D eigenvalue weighted by Crippen LogP contribution is 2.16. The predicted molar refractivity (Wildman–Crippen MR) is 55.3 cm³/mol. The van der Waals surface area contributed by atoms with Gasteiger partial charge < -0.3 is 15.4 Å². The van der Waals surface area contributed by atoms with Crippen LogP contribution in [0.2, 0.25) is 0 Å². The van der Waals surface area contributed by atoms with Crippen molar-refractivity contribution in [2.24, 2.45) is 5.73 Å². The van der Waals surface area contributed by atoms with Gasteiger partial charge in [0.05, 0.1) is 6.61 Å². The third-order valence-electron chi connectivity index (χ3n) is 1.65. The quantitative estimate of drug-likeness (QED) is 0.730. The second kappa shape index (κ2) is 5.90. The van der Waals surface area contributed by atoms with Crippen LogP contribution < -0.4 is 10.6 Å². The van der Waals surface area contributed by atoms with Crippen molar-refractivity contribution in [3.63, 3.8) is 0 Å². The topological polar surface area (TPSA) is 51.4 Å². The number of aromatic nitrogens is 1. The Bertz CT molecular complexity index is 215. The van der Waals surface area contributed by atoms with Crippen molar-refractivity contribution in [2.75, 3.05) is 38.3 Å². The third-order valence-corrected chi connectivity index (χ3v) is 2.49. The maximum absolute atomic E-state index is 5.50. The Balaban J connectivity index is 2.47. The molecule has 0 radical (unpaired) electrons. The first-order chi connectivity index (χ1) is 6.38. The van der Waals surface area contributed by atoms with Gasteiger partial charge in [-0.2, -0.15) is 0 Å². The summed E-state index contributed by atoms with van der Waals surface area (Å²) < 4.78 is 5.01. The van der Waals surface area contributed by atoms with E-state index in [0.717, 1.165) is 18.2 Å². The molecular formula is C8H15N3OS. The first kappa shape index (κ1) is 10.4. The lowest BCUT2D eigenvalue weighted by Crippen LogP contribution is -2.32. The Labute approximate surface area is 82.3 Å². The summed E-state index contributed by atoms with van der Waals surface area (Å²) >= 11 is 1.63. The average molecular weight is 201 g/mol. The number of rotatable bonds is 6. The van der Waals surface area contributed by atoms with Crippen LogP contribution in [0.1, 0.15) is 0 Å². The zero-order chi connectivity index (χ0) is 9.52. The standard InChI is InChI=1S/C8H15N3OS/c1-12-6-5-11(4-2-9)8-10-3-7-13-8/h3,7H,2,4-6,9H2,1H3. The molecule has 0 spiro atoms. The lowest BCUT2D eigenvalue weighted by atomic mass is 10.5. The molecule has 4 nitrogen and oxygen atoms in total. The van der Waals surface area contributed by atoms with E-state index in [1.807, 2.05) is 5.38 Å². The normalized spacial score (nSPS) is 10.3. The summed E-state index contributed by atoms with van der Waals surface area (Å²) in [5, 5.41) is 2.98. The van der Waals surface area contributed by atoms with Crippen LogP contribution in [-0.2, 0) is 4.74 Å². The van der Waals surface area contributed by atoms with E-state index in [9.17, 15) is 0 Å². The fraction of sp³-hybridized carbons (Fsp3) is 0.625. The number of hydrogen-bond acceptors (Lipinski definition) is 5. The molecule has 1 rings (SSSR count). The van der Waals surface area contributed by atoms with E-state index in [2.05, 4.69) is 9.88 Å². The van der Waals surface area contributed by atoms with E-state index in [1.54, 1.807) is 24.6 Å². The van der Waals surface area contributed by atoms with Gasteiger partial charge in [-0.15, -0.1) is 11.3 Å². The van der Waals surface area contributed by atoms with Crippen LogP contribution >= 0.6 is 11.3 Å². The maximum Gasteiger partial charge on any atom is 0.185 e. The second-order valence-electron chi connectivity index (χ2n) is 2.58. The van der Waals surface area contributed by atoms with Crippen LogP contribution in [0.3, 0.4) is 0 Å². The van der Waals surface area contributed by atoms with Crippen LogP contribution in [0.25, 0.3) is 0 Å². The smallest absolute Gasteiger partial charge is 0.185 e. The molecule has 0 saturated heterocycles. The summed E-state index contributed by atoms with van der Waals surface area (Å²) in [5.41, 5.74) is 5.50. The zero-order valence-corrected chi connectivity index (χ0v) is 8.59. The summed E-state index contributed by atoms with van der Waals surface area (Å²) in [7, 11) is 1.70. The molecule has 0 amide bonds. The molecule has 0 unspecified atom stereocenters. The van der Waals surface area contributed by atoms with Gasteiger partial charge in [0.15, 0.2) is 5.13 Å². The molecule has 0 aliphatic heterocycles. The minimum Gasteiger partial charge on any atom is -0.383 e. The van der Waals surface area contributed by atoms with Gasteiger partial charge in [0.2, 0.25) is 0 Å². The lowest BCUT2D eigenvalue weighted by Gasteiger charge is -2.20. The van der Waals surface area contributed by atoms with E-state index in [1.165, 1.54) is 0 Å². The molecule has 74 valence electrons. The van der Waals surface area contributed by atoms with Gasteiger partial charge in [-0.3, -0.25) is 0 Å². The number of ether oxygens (including phenoxy) is 1. The predicted octanol–water partition coefficient (Wildman–Crippen LogP) is 0.555. The third kappa shape index (κ3) is 3.30. The van der Waals surface area contributed by atoms with Gasteiger partial charge in [-0.05, 0) is 0 Å². The van der Waals surface area contributed by atoms with E-state index in [0.29, 0.717) is 13.2 Å². The Morgan fingerprint density at radius 1 is 1.62 bits per heavy atom. The van der Waals surface area contributed by atoms with E-state index >= 15 is 0 Å². The van der Waals surface area contributed by atoms with Gasteiger partial charge in [0, 0.05) is 38.3 Å². The highest BCUT2D eigenvalue weighted by atomic mass is 32.1. The summed E-state index contributed by atoms with van der Waals surface area (Å²) in [5.74, 6) is 0. The molecule has 0 fully saturated rings. The minimum atomic E-state index is 0.642. The largest absolute Gasteiger partial charge is 0.383 e. The summed E-state index contributed by atoms with van der Waals surface area (Å²) in [6, 6.07) is 0. The monoisotopic (exact) mass is 201 g/mol. The van der Waals surface area contributed by atoms with Crippen molar-refractivity contribution in [1.29, 1.82) is 0 Å². The molecule has 5 heteroatoms. The zero-order valence-electron chi connectivity index (χ0n) is 7.77. The van der Waals surface area contributed by atoms with Crippen molar-refractivity contribution < 1.29 is 4.74 Å². The van der Waals surface area contributed by atoms with E-state index in [-0.39, 0.29) is 0 Å². The first-order valence-corrected chi connectivity index (χ1v) is 5.10. The number of hydrogen-bond donors (Lipinski definition) is 1. The highest BCUT2D eigenvalue weighted by Gasteiger charge is 2.06. The van der Waals surface area contributed by atoms with Crippen LogP contribution in [0.5, 0.6) is 0 Å². The fourth-order valence-electron chi connectivity index (χ4n) is 1.03. The van der Waals surface area contributed by atoms with Crippen molar-refractivity contribution >= 4 is 16.5 Å². The molecule has 1 aromatic heterocycles. The number of thiazole rings is 1. The van der Waals surface area contributed by atoms with E-state index in [4.69, 9.17) is 10.5 Å². The Morgan fingerprint density at radius 3 is 3.00 bits per heavy atom. The van der Waals surface area contributed by atoms with Gasteiger partial charge in [-0.25, -0.2) is 4.98 Å². The molecule has 0 saturated carbocycles. The molecule has 0 aliphatic carbocycles. The average Bonchev–Trinajstić information content (AvgIpc) is 2.65. The van der Waals surface area contributed by atoms with Crippen molar-refractivity contribution in [1.82, 2.24) is 4.98 Å². The SMILES string of the molecule is COCCN(CCN)c1nccs1. The van der Waals surface area contributed by atoms with E-state index < -0.39 is 0 Å². The van der Waals surface area contributed by atoms with Gasteiger partial charge in [-0.1, -0.05) is 0 Å². The molecule has 1 heterocycles. The molecule has 0 atom stereocenters. The van der Waals surface area contributed by atoms with Gasteiger partial charge >= 0.3 is 0 Å². The lowest BCUT2D eigenvalue weighted by molar-refractivity contribution is 0.205. The van der Waals surface area contributed by atoms with Gasteiger partial charge in [0.1, 0.15) is 0 Å². The molecular weight excluding hydrogens is 186 g/mol. The molecule has 0 aliphatic rings.